The molecule has 1 aliphatic heterocycles. The molecule has 0 radical (unpaired) electrons. The van der Waals surface area contributed by atoms with Crippen LogP contribution in [-0.2, 0) is 0 Å². The van der Waals surface area contributed by atoms with Crippen LogP contribution in [0.3, 0.4) is 0 Å². The Hall–Kier alpha value is -0.0800. The molecule has 84 valence electrons. The summed E-state index contributed by atoms with van der Waals surface area (Å²) in [7, 11) is 0. The van der Waals surface area contributed by atoms with Crippen LogP contribution in [0.25, 0.3) is 0 Å². The van der Waals surface area contributed by atoms with Crippen molar-refractivity contribution in [2.75, 3.05) is 26.2 Å². The first-order valence-electron chi connectivity index (χ1n) is 6.15. The van der Waals surface area contributed by atoms with Crippen LogP contribution < -0.4 is 5.32 Å². The van der Waals surface area contributed by atoms with Gasteiger partial charge in [0, 0.05) is 6.04 Å². The van der Waals surface area contributed by atoms with Gasteiger partial charge in [-0.3, -0.25) is 0 Å². The van der Waals surface area contributed by atoms with Gasteiger partial charge in [0.15, 0.2) is 0 Å². The summed E-state index contributed by atoms with van der Waals surface area (Å²) in [6, 6.07) is 0.775. The second-order valence-corrected chi connectivity index (χ2v) is 4.98. The van der Waals surface area contributed by atoms with Crippen molar-refractivity contribution in [1.82, 2.24) is 10.2 Å². The molecule has 14 heavy (non-hydrogen) atoms. The predicted octanol–water partition coefficient (Wildman–Crippen LogP) is 2.11. The highest BCUT2D eigenvalue weighted by molar-refractivity contribution is 4.73. The fourth-order valence-corrected chi connectivity index (χ4v) is 2.07. The smallest absolute Gasteiger partial charge is 0.00790 e. The molecule has 1 aliphatic rings. The van der Waals surface area contributed by atoms with Crippen LogP contribution >= 0.6 is 0 Å². The topological polar surface area (TPSA) is 15.3 Å². The van der Waals surface area contributed by atoms with Gasteiger partial charge in [-0.25, -0.2) is 0 Å². The average molecular weight is 198 g/mol. The van der Waals surface area contributed by atoms with E-state index in [1.807, 2.05) is 0 Å². The van der Waals surface area contributed by atoms with Crippen LogP contribution in [0.1, 0.15) is 40.0 Å². The van der Waals surface area contributed by atoms with Gasteiger partial charge < -0.3 is 10.2 Å². The molecule has 0 aliphatic carbocycles. The lowest BCUT2D eigenvalue weighted by Gasteiger charge is -2.23. The van der Waals surface area contributed by atoms with Crippen LogP contribution in [0.15, 0.2) is 0 Å². The van der Waals surface area contributed by atoms with Crippen molar-refractivity contribution in [1.29, 1.82) is 0 Å². The number of nitrogens with zero attached hydrogens (tertiary/aromatic N) is 1. The van der Waals surface area contributed by atoms with E-state index in [2.05, 4.69) is 31.0 Å². The zero-order valence-corrected chi connectivity index (χ0v) is 10.1. The molecule has 0 amide bonds. The molecule has 0 aromatic rings. The van der Waals surface area contributed by atoms with Crippen LogP contribution in [0, 0.1) is 5.92 Å². The van der Waals surface area contributed by atoms with Crippen molar-refractivity contribution in [3.63, 3.8) is 0 Å². The Morgan fingerprint density at radius 2 is 1.79 bits per heavy atom. The molecule has 1 atom stereocenters. The lowest BCUT2D eigenvalue weighted by atomic mass is 10.2. The second kappa shape index (κ2) is 6.41. The lowest BCUT2D eigenvalue weighted by Crippen LogP contribution is -2.33. The highest BCUT2D eigenvalue weighted by atomic mass is 15.2. The number of likely N-dealkylation sites (tertiary alicyclic amines) is 1. The summed E-state index contributed by atoms with van der Waals surface area (Å²) < 4.78 is 0. The van der Waals surface area contributed by atoms with E-state index < -0.39 is 0 Å². The average Bonchev–Trinajstić information content (AvgIpc) is 2.64. The van der Waals surface area contributed by atoms with Crippen LogP contribution in [0.4, 0.5) is 0 Å². The zero-order valence-electron chi connectivity index (χ0n) is 10.1. The Kier molecular flexibility index (Phi) is 5.49. The summed E-state index contributed by atoms with van der Waals surface area (Å²) in [4.78, 5) is 2.62. The van der Waals surface area contributed by atoms with Crippen molar-refractivity contribution in [2.45, 2.75) is 46.1 Å². The van der Waals surface area contributed by atoms with E-state index in [0.717, 1.165) is 18.5 Å². The molecular formula is C12H26N2. The fraction of sp³-hybridized carbons (Fsp3) is 1.00. The molecule has 1 N–H and O–H groups in total. The molecule has 2 nitrogen and oxygen atoms in total. The number of hydrogen-bond donors (Lipinski definition) is 1. The molecule has 0 spiro atoms. The maximum absolute atomic E-state index is 3.51. The van der Waals surface area contributed by atoms with Crippen LogP contribution in [0.2, 0.25) is 0 Å². The Balaban J connectivity index is 1.99. The van der Waals surface area contributed by atoms with Crippen molar-refractivity contribution in [3.8, 4) is 0 Å². The minimum absolute atomic E-state index is 0.775. The van der Waals surface area contributed by atoms with E-state index in [-0.39, 0.29) is 0 Å². The first-order chi connectivity index (χ1) is 6.70. The predicted molar refractivity (Wildman–Crippen MR) is 62.6 cm³/mol. The van der Waals surface area contributed by atoms with Crippen molar-refractivity contribution >= 4 is 0 Å². The largest absolute Gasteiger partial charge is 0.316 e. The van der Waals surface area contributed by atoms with Crippen molar-refractivity contribution in [2.24, 2.45) is 5.92 Å². The van der Waals surface area contributed by atoms with Gasteiger partial charge in [-0.1, -0.05) is 13.8 Å². The number of rotatable bonds is 6. The summed E-state index contributed by atoms with van der Waals surface area (Å²) in [5, 5.41) is 3.51. The normalized spacial score (nSPS) is 20.6. The van der Waals surface area contributed by atoms with Crippen LogP contribution in [0.5, 0.6) is 0 Å². The van der Waals surface area contributed by atoms with Gasteiger partial charge in [-0.05, 0) is 58.3 Å². The Morgan fingerprint density at radius 3 is 2.36 bits per heavy atom. The Morgan fingerprint density at radius 1 is 1.14 bits per heavy atom. The van der Waals surface area contributed by atoms with Gasteiger partial charge >= 0.3 is 0 Å². The van der Waals surface area contributed by atoms with E-state index in [4.69, 9.17) is 0 Å². The maximum Gasteiger partial charge on any atom is 0.00790 e. The van der Waals surface area contributed by atoms with E-state index in [1.54, 1.807) is 0 Å². The van der Waals surface area contributed by atoms with Gasteiger partial charge in [-0.2, -0.15) is 0 Å². The summed E-state index contributed by atoms with van der Waals surface area (Å²) in [5.41, 5.74) is 0. The van der Waals surface area contributed by atoms with Crippen LogP contribution in [-0.4, -0.2) is 37.1 Å². The molecule has 1 rings (SSSR count). The van der Waals surface area contributed by atoms with Gasteiger partial charge in [0.2, 0.25) is 0 Å². The standard InChI is InChI=1S/C12H26N2/c1-11(2)10-13-7-6-12(3)14-8-4-5-9-14/h11-13H,4-10H2,1-3H3. The molecule has 0 aromatic carbocycles. The SMILES string of the molecule is CC(C)CNCCC(C)N1CCCC1. The van der Waals surface area contributed by atoms with Crippen molar-refractivity contribution < 1.29 is 0 Å². The third-order valence-corrected chi connectivity index (χ3v) is 3.06. The molecule has 0 aromatic heterocycles. The number of hydrogen-bond acceptors (Lipinski definition) is 2. The fourth-order valence-electron chi connectivity index (χ4n) is 2.07. The number of nitrogens with one attached hydrogen (secondary N) is 1. The minimum atomic E-state index is 0.775. The molecule has 0 bridgehead atoms. The summed E-state index contributed by atoms with van der Waals surface area (Å²) in [5.74, 6) is 0.775. The van der Waals surface area contributed by atoms with Gasteiger partial charge in [0.05, 0.1) is 0 Å². The Labute approximate surface area is 89.1 Å². The van der Waals surface area contributed by atoms with Gasteiger partial charge in [0.25, 0.3) is 0 Å². The first kappa shape index (κ1) is 12.0. The lowest BCUT2D eigenvalue weighted by molar-refractivity contribution is 0.245. The minimum Gasteiger partial charge on any atom is -0.316 e. The Bertz CT molecular complexity index is 139. The zero-order chi connectivity index (χ0) is 10.4. The van der Waals surface area contributed by atoms with Crippen molar-refractivity contribution in [3.05, 3.63) is 0 Å². The monoisotopic (exact) mass is 198 g/mol. The molecule has 2 heteroatoms. The second-order valence-electron chi connectivity index (χ2n) is 4.98. The third kappa shape index (κ3) is 4.43. The highest BCUT2D eigenvalue weighted by Crippen LogP contribution is 2.12. The molecule has 1 unspecified atom stereocenters. The molecule has 1 fully saturated rings. The third-order valence-electron chi connectivity index (χ3n) is 3.06. The summed E-state index contributed by atoms with van der Waals surface area (Å²) in [6.07, 6.45) is 4.11. The summed E-state index contributed by atoms with van der Waals surface area (Å²) in [6.45, 7) is 11.9. The maximum atomic E-state index is 3.51. The summed E-state index contributed by atoms with van der Waals surface area (Å²) >= 11 is 0. The van der Waals surface area contributed by atoms with E-state index in [9.17, 15) is 0 Å². The van der Waals surface area contributed by atoms with Gasteiger partial charge in [-0.15, -0.1) is 0 Å². The van der Waals surface area contributed by atoms with Gasteiger partial charge in [0.1, 0.15) is 0 Å². The quantitative estimate of drug-likeness (QED) is 0.658. The van der Waals surface area contributed by atoms with E-state index in [0.29, 0.717) is 0 Å². The van der Waals surface area contributed by atoms with E-state index >= 15 is 0 Å². The first-order valence-corrected chi connectivity index (χ1v) is 6.15. The molecular weight excluding hydrogens is 172 g/mol. The molecule has 1 saturated heterocycles. The van der Waals surface area contributed by atoms with E-state index in [1.165, 1.54) is 38.9 Å². The molecule has 1 heterocycles. The highest BCUT2D eigenvalue weighted by Gasteiger charge is 2.16. The molecule has 0 saturated carbocycles.